The average molecular weight is 1000 g/mol. The van der Waals surface area contributed by atoms with Crippen LogP contribution in [0.4, 0.5) is 4.39 Å². The zero-order chi connectivity index (χ0) is 49.5. The Balaban J connectivity index is 1.90. The lowest BCUT2D eigenvalue weighted by Crippen LogP contribution is -2.43. The normalized spacial score (nSPS) is 14.8. The summed E-state index contributed by atoms with van der Waals surface area (Å²) in [6, 6.07) is 0. The summed E-state index contributed by atoms with van der Waals surface area (Å²) in [6.07, 6.45) is 38.2. The third-order valence-corrected chi connectivity index (χ3v) is 16.7. The quantitative estimate of drug-likeness (QED) is 0.0352. The van der Waals surface area contributed by atoms with Crippen LogP contribution < -0.4 is 11.2 Å². The van der Waals surface area contributed by atoms with Crippen molar-refractivity contribution >= 4 is 30.4 Å². The number of unbranched alkanes of at least 4 members (excludes halogenated alkanes) is 28. The number of nitrogens with zero attached hydrogens (tertiary/aromatic N) is 3. The van der Waals surface area contributed by atoms with Crippen molar-refractivity contribution in [3.8, 4) is 0 Å². The van der Waals surface area contributed by atoms with Crippen molar-refractivity contribution in [3.05, 3.63) is 32.9 Å². The molecule has 0 amide bonds. The third kappa shape index (κ3) is 28.2. The molecule has 2 unspecified atom stereocenters. The summed E-state index contributed by atoms with van der Waals surface area (Å²) in [5.41, 5.74) is -1.77. The van der Waals surface area contributed by atoms with E-state index in [-0.39, 0.29) is 51.1 Å². The van der Waals surface area contributed by atoms with Gasteiger partial charge in [0.05, 0.1) is 19.3 Å². The summed E-state index contributed by atoms with van der Waals surface area (Å²) >= 11 is 6.07. The van der Waals surface area contributed by atoms with Gasteiger partial charge in [-0.2, -0.15) is 4.39 Å². The molecular formula is C53H97FN3O9PS. The Kier molecular flexibility index (Phi) is 37.1. The van der Waals surface area contributed by atoms with Gasteiger partial charge < -0.3 is 23.3 Å². The molecule has 15 heteroatoms. The van der Waals surface area contributed by atoms with E-state index in [0.717, 1.165) is 60.3 Å². The van der Waals surface area contributed by atoms with Crippen LogP contribution in [-0.2, 0) is 51.2 Å². The van der Waals surface area contributed by atoms with E-state index in [4.69, 9.17) is 35.1 Å². The topological polar surface area (TPSA) is 128 Å². The molecule has 12 nitrogen and oxygen atoms in total. The van der Waals surface area contributed by atoms with Gasteiger partial charge in [-0.1, -0.05) is 207 Å². The van der Waals surface area contributed by atoms with Crippen molar-refractivity contribution in [2.45, 2.75) is 265 Å². The molecule has 396 valence electrons. The molecule has 1 aliphatic rings. The van der Waals surface area contributed by atoms with Gasteiger partial charge in [0.2, 0.25) is 5.82 Å². The summed E-state index contributed by atoms with van der Waals surface area (Å²) in [5, 5.41) is 0. The van der Waals surface area contributed by atoms with E-state index in [0.29, 0.717) is 26.1 Å². The van der Waals surface area contributed by atoms with Crippen LogP contribution in [-0.4, -0.2) is 71.4 Å². The first-order valence-electron chi connectivity index (χ1n) is 27.7. The van der Waals surface area contributed by atoms with Gasteiger partial charge in [-0.05, 0) is 37.5 Å². The fraction of sp³-hybridized carbons (Fsp3) is 0.887. The number of rotatable bonds is 46. The highest BCUT2D eigenvalue weighted by Crippen LogP contribution is 2.53. The fourth-order valence-corrected chi connectivity index (χ4v) is 12.0. The Labute approximate surface area is 417 Å². The lowest BCUT2D eigenvalue weighted by atomic mass is 10.0. The zero-order valence-corrected chi connectivity index (χ0v) is 45.2. The van der Waals surface area contributed by atoms with E-state index in [1.54, 1.807) is 0 Å². The van der Waals surface area contributed by atoms with Crippen LogP contribution in [0, 0.1) is 5.82 Å². The van der Waals surface area contributed by atoms with Crippen LogP contribution in [0.1, 0.15) is 252 Å². The lowest BCUT2D eigenvalue weighted by molar-refractivity contribution is -0.151. The number of hydrogen-bond donors (Lipinski definition) is 0. The van der Waals surface area contributed by atoms with E-state index in [1.807, 2.05) is 18.5 Å². The molecule has 2 rings (SSSR count). The molecule has 0 bridgehead atoms. The van der Waals surface area contributed by atoms with E-state index >= 15 is 0 Å². The number of aromatic nitrogens is 2. The first-order valence-corrected chi connectivity index (χ1v) is 30.3. The van der Waals surface area contributed by atoms with E-state index in [1.165, 1.54) is 154 Å². The first-order chi connectivity index (χ1) is 33.1. The van der Waals surface area contributed by atoms with Crippen molar-refractivity contribution in [1.82, 2.24) is 13.8 Å². The SMILES string of the molecule is CCCCCCCCCCCCCCCCCC(=O)OCC(COC(=O)CCCCCCCCCCCCCCCCC)OP(=S)(OCCn1c(=O)c(F)cn(C2CCCO2)c1=O)N(CC)CC. The Morgan fingerprint density at radius 3 is 1.44 bits per heavy atom. The molecule has 1 fully saturated rings. The van der Waals surface area contributed by atoms with Crippen LogP contribution >= 0.6 is 6.64 Å². The molecule has 0 aromatic carbocycles. The van der Waals surface area contributed by atoms with Gasteiger partial charge in [-0.25, -0.2) is 9.46 Å². The van der Waals surface area contributed by atoms with Crippen molar-refractivity contribution in [1.29, 1.82) is 0 Å². The molecule has 1 aromatic rings. The van der Waals surface area contributed by atoms with Crippen molar-refractivity contribution in [3.63, 3.8) is 0 Å². The summed E-state index contributed by atoms with van der Waals surface area (Å²) in [6.45, 7) is 5.38. The van der Waals surface area contributed by atoms with E-state index in [9.17, 15) is 23.6 Å². The number of ether oxygens (including phenoxy) is 3. The Morgan fingerprint density at radius 1 is 0.676 bits per heavy atom. The number of carbonyl (C=O) groups is 2. The van der Waals surface area contributed by atoms with Gasteiger partial charge in [0.25, 0.3) is 12.2 Å². The Morgan fingerprint density at radius 2 is 1.07 bits per heavy atom. The fourth-order valence-electron chi connectivity index (χ4n) is 8.86. The van der Waals surface area contributed by atoms with Gasteiger partial charge in [-0.15, -0.1) is 0 Å². The second-order valence-corrected chi connectivity index (χ2v) is 22.4. The largest absolute Gasteiger partial charge is 0.463 e. The highest BCUT2D eigenvalue weighted by Gasteiger charge is 2.32. The van der Waals surface area contributed by atoms with Crippen LogP contribution in [0.25, 0.3) is 0 Å². The van der Waals surface area contributed by atoms with Gasteiger partial charge in [0.1, 0.15) is 25.5 Å². The van der Waals surface area contributed by atoms with E-state index in [2.05, 4.69) is 13.8 Å². The van der Waals surface area contributed by atoms with Crippen LogP contribution in [0.3, 0.4) is 0 Å². The summed E-state index contributed by atoms with van der Waals surface area (Å²) in [4.78, 5) is 52.1. The Hall–Kier alpha value is -1.96. The lowest BCUT2D eigenvalue weighted by Gasteiger charge is -2.34. The molecule has 0 saturated carbocycles. The molecule has 0 N–H and O–H groups in total. The monoisotopic (exact) mass is 1000 g/mol. The molecule has 2 atom stereocenters. The molecule has 1 saturated heterocycles. The van der Waals surface area contributed by atoms with Gasteiger partial charge in [-0.3, -0.25) is 23.5 Å². The number of esters is 2. The minimum Gasteiger partial charge on any atom is -0.463 e. The zero-order valence-electron chi connectivity index (χ0n) is 43.5. The summed E-state index contributed by atoms with van der Waals surface area (Å²) < 4.78 is 48.3. The first kappa shape index (κ1) is 62.2. The molecular weight excluding hydrogens is 905 g/mol. The molecule has 2 heterocycles. The minimum absolute atomic E-state index is 0.192. The molecule has 0 radical (unpaired) electrons. The number of halogens is 1. The van der Waals surface area contributed by atoms with Crippen molar-refractivity contribution in [2.75, 3.05) is 39.5 Å². The van der Waals surface area contributed by atoms with Crippen molar-refractivity contribution in [2.24, 2.45) is 0 Å². The molecule has 1 aliphatic heterocycles. The van der Waals surface area contributed by atoms with Gasteiger partial charge >= 0.3 is 17.6 Å². The number of hydrogen-bond acceptors (Lipinski definition) is 10. The molecule has 68 heavy (non-hydrogen) atoms. The summed E-state index contributed by atoms with van der Waals surface area (Å²) in [7, 11) is 0. The highest BCUT2D eigenvalue weighted by molar-refractivity contribution is 8.08. The highest BCUT2D eigenvalue weighted by atomic mass is 32.5. The molecule has 0 aliphatic carbocycles. The summed E-state index contributed by atoms with van der Waals surface area (Å²) in [5.74, 6) is -1.79. The van der Waals surface area contributed by atoms with Crippen molar-refractivity contribution < 1.29 is 37.2 Å². The number of carbonyl (C=O) groups excluding carboxylic acids is 2. The smallest absolute Gasteiger partial charge is 0.333 e. The molecule has 0 spiro atoms. The maximum atomic E-state index is 14.8. The predicted octanol–water partition coefficient (Wildman–Crippen LogP) is 14.0. The van der Waals surface area contributed by atoms with Gasteiger partial charge in [0, 0.05) is 32.5 Å². The Bertz CT molecular complexity index is 1550. The second kappa shape index (κ2) is 40.6. The minimum atomic E-state index is -3.38. The van der Waals surface area contributed by atoms with Crippen LogP contribution in [0.15, 0.2) is 15.8 Å². The third-order valence-electron chi connectivity index (χ3n) is 13.1. The average Bonchev–Trinajstić information content (AvgIpc) is 3.87. The van der Waals surface area contributed by atoms with Crippen LogP contribution in [0.5, 0.6) is 0 Å². The van der Waals surface area contributed by atoms with Crippen LogP contribution in [0.2, 0.25) is 0 Å². The second-order valence-electron chi connectivity index (χ2n) is 19.0. The molecule has 1 aromatic heterocycles. The maximum Gasteiger partial charge on any atom is 0.333 e. The van der Waals surface area contributed by atoms with Gasteiger partial charge in [0.15, 0.2) is 0 Å². The standard InChI is InChI=1S/C53H97FN3O9PS/c1-5-9-11-13-15-17-19-21-23-25-27-29-31-33-35-39-50(58)63-45-47(46-64-51(59)40-36-34-32-30-28-26-24-22-20-18-16-14-12-10-6-2)66-67(68,55(7-3)8-4)65-43-41-56-52(60)48(54)44-57(53(56)61)49-38-37-42-62-49/h44,47,49H,5-43,45-46H2,1-4H3. The maximum absolute atomic E-state index is 14.8. The van der Waals surface area contributed by atoms with E-state index < -0.39 is 36.0 Å². The predicted molar refractivity (Wildman–Crippen MR) is 278 cm³/mol.